The summed E-state index contributed by atoms with van der Waals surface area (Å²) in [5, 5.41) is 18.8. The Kier molecular flexibility index (Phi) is 5.48. The second kappa shape index (κ2) is 7.97. The molecule has 1 unspecified atom stereocenters. The summed E-state index contributed by atoms with van der Waals surface area (Å²) in [5.41, 5.74) is 2.45. The van der Waals surface area contributed by atoms with E-state index >= 15 is 0 Å². The molecule has 1 amide bonds. The highest BCUT2D eigenvalue weighted by molar-refractivity contribution is 9.10. The van der Waals surface area contributed by atoms with Crippen LogP contribution in [-0.4, -0.2) is 27.2 Å². The van der Waals surface area contributed by atoms with Crippen LogP contribution in [-0.2, 0) is 4.79 Å². The predicted molar refractivity (Wildman–Crippen MR) is 101 cm³/mol. The molecule has 132 valence electrons. The summed E-state index contributed by atoms with van der Waals surface area (Å²) in [4.78, 5) is 23.8. The highest BCUT2D eigenvalue weighted by atomic mass is 79.9. The molecule has 0 spiro atoms. The van der Waals surface area contributed by atoms with Crippen molar-refractivity contribution in [2.24, 2.45) is 0 Å². The van der Waals surface area contributed by atoms with Gasteiger partial charge in [0.25, 0.3) is 5.91 Å². The summed E-state index contributed by atoms with van der Waals surface area (Å²) < 4.78 is 0.531. The zero-order chi connectivity index (χ0) is 18.5. The Bertz CT molecular complexity index is 910. The number of hydrogen-bond donors (Lipinski definition) is 3. The van der Waals surface area contributed by atoms with Crippen molar-refractivity contribution in [2.45, 2.75) is 12.5 Å². The molecule has 26 heavy (non-hydrogen) atoms. The maximum absolute atomic E-state index is 12.7. The van der Waals surface area contributed by atoms with Gasteiger partial charge in [0.1, 0.15) is 11.4 Å². The van der Waals surface area contributed by atoms with E-state index in [0.717, 1.165) is 11.1 Å². The van der Waals surface area contributed by atoms with E-state index < -0.39 is 17.9 Å². The Hall–Kier alpha value is -2.93. The Morgan fingerprint density at radius 3 is 2.31 bits per heavy atom. The number of carboxylic acid groups (broad SMARTS) is 1. The molecule has 0 saturated heterocycles. The molecule has 1 heterocycles. The standard InChI is InChI=1S/C19H16BrN3O3/c20-16-17(13-9-5-2-6-10-13)22-23-18(16)19(26)21-14(11-15(24)25)12-7-3-1-4-8-12/h1-10,14H,11H2,(H,21,26)(H,22,23)(H,24,25). The highest BCUT2D eigenvalue weighted by Crippen LogP contribution is 2.29. The van der Waals surface area contributed by atoms with Gasteiger partial charge < -0.3 is 10.4 Å². The van der Waals surface area contributed by atoms with Crippen molar-refractivity contribution in [3.05, 3.63) is 76.4 Å². The first-order valence-corrected chi connectivity index (χ1v) is 8.72. The van der Waals surface area contributed by atoms with Gasteiger partial charge in [-0.1, -0.05) is 60.7 Å². The topological polar surface area (TPSA) is 95.1 Å². The van der Waals surface area contributed by atoms with E-state index in [2.05, 4.69) is 31.4 Å². The van der Waals surface area contributed by atoms with Crippen molar-refractivity contribution in [1.82, 2.24) is 15.5 Å². The SMILES string of the molecule is O=C(O)CC(NC(=O)c1[nH]nc(-c2ccccc2)c1Br)c1ccccc1. The lowest BCUT2D eigenvalue weighted by Gasteiger charge is -2.17. The second-order valence-corrected chi connectivity index (χ2v) is 6.45. The van der Waals surface area contributed by atoms with E-state index in [1.807, 2.05) is 36.4 Å². The van der Waals surface area contributed by atoms with Crippen LogP contribution in [0.5, 0.6) is 0 Å². The average Bonchev–Trinajstić information content (AvgIpc) is 3.04. The Balaban J connectivity index is 1.84. The van der Waals surface area contributed by atoms with E-state index in [4.69, 9.17) is 5.11 Å². The summed E-state index contributed by atoms with van der Waals surface area (Å²) in [5.74, 6) is -1.42. The number of aliphatic carboxylic acids is 1. The summed E-state index contributed by atoms with van der Waals surface area (Å²) in [7, 11) is 0. The molecule has 0 fully saturated rings. The third-order valence-corrected chi connectivity index (χ3v) is 4.64. The molecule has 0 aliphatic carbocycles. The first kappa shape index (κ1) is 17.9. The van der Waals surface area contributed by atoms with Crippen molar-refractivity contribution in [2.75, 3.05) is 0 Å². The summed E-state index contributed by atoms with van der Waals surface area (Å²) in [6, 6.07) is 17.8. The maximum Gasteiger partial charge on any atom is 0.305 e. The Morgan fingerprint density at radius 2 is 1.69 bits per heavy atom. The van der Waals surface area contributed by atoms with Gasteiger partial charge in [0.15, 0.2) is 0 Å². The molecule has 7 heteroatoms. The molecule has 3 N–H and O–H groups in total. The van der Waals surface area contributed by atoms with Crippen molar-refractivity contribution >= 4 is 27.8 Å². The fraction of sp³-hybridized carbons (Fsp3) is 0.105. The summed E-state index contributed by atoms with van der Waals surface area (Å²) in [6.45, 7) is 0. The number of H-pyrrole nitrogens is 1. The van der Waals surface area contributed by atoms with E-state index in [1.165, 1.54) is 0 Å². The smallest absolute Gasteiger partial charge is 0.305 e. The van der Waals surface area contributed by atoms with E-state index in [0.29, 0.717) is 10.2 Å². The van der Waals surface area contributed by atoms with Gasteiger partial charge in [-0.25, -0.2) is 0 Å². The van der Waals surface area contributed by atoms with Gasteiger partial charge in [0.2, 0.25) is 0 Å². The lowest BCUT2D eigenvalue weighted by atomic mass is 10.0. The number of halogens is 1. The quantitative estimate of drug-likeness (QED) is 0.572. The van der Waals surface area contributed by atoms with Gasteiger partial charge in [0, 0.05) is 5.56 Å². The van der Waals surface area contributed by atoms with Gasteiger partial charge in [-0.05, 0) is 21.5 Å². The molecule has 1 aromatic heterocycles. The monoisotopic (exact) mass is 413 g/mol. The van der Waals surface area contributed by atoms with Crippen molar-refractivity contribution in [3.8, 4) is 11.3 Å². The normalized spacial score (nSPS) is 11.7. The number of aromatic nitrogens is 2. The molecule has 2 aromatic carbocycles. The number of rotatable bonds is 6. The van der Waals surface area contributed by atoms with Gasteiger partial charge >= 0.3 is 5.97 Å². The van der Waals surface area contributed by atoms with Crippen molar-refractivity contribution < 1.29 is 14.7 Å². The van der Waals surface area contributed by atoms with Crippen LogP contribution in [0.1, 0.15) is 28.5 Å². The van der Waals surface area contributed by atoms with Crippen molar-refractivity contribution in [3.63, 3.8) is 0 Å². The first-order valence-electron chi connectivity index (χ1n) is 7.93. The summed E-state index contributed by atoms with van der Waals surface area (Å²) in [6.07, 6.45) is -0.215. The molecule has 1 atom stereocenters. The fourth-order valence-corrected chi connectivity index (χ4v) is 3.20. The Morgan fingerprint density at radius 1 is 1.08 bits per heavy atom. The third kappa shape index (κ3) is 4.00. The van der Waals surface area contributed by atoms with E-state index in [-0.39, 0.29) is 12.1 Å². The number of carbonyl (C=O) groups excluding carboxylic acids is 1. The second-order valence-electron chi connectivity index (χ2n) is 5.66. The maximum atomic E-state index is 12.7. The van der Waals surface area contributed by atoms with Crippen LogP contribution in [0.2, 0.25) is 0 Å². The molecular weight excluding hydrogens is 398 g/mol. The molecule has 6 nitrogen and oxygen atoms in total. The summed E-state index contributed by atoms with van der Waals surface area (Å²) >= 11 is 3.41. The average molecular weight is 414 g/mol. The molecular formula is C19H16BrN3O3. The van der Waals surface area contributed by atoms with E-state index in [9.17, 15) is 9.59 Å². The predicted octanol–water partition coefficient (Wildman–Crippen LogP) is 3.79. The third-order valence-electron chi connectivity index (χ3n) is 3.87. The van der Waals surface area contributed by atoms with Gasteiger partial charge in [-0.2, -0.15) is 5.10 Å². The van der Waals surface area contributed by atoms with Crippen LogP contribution in [0, 0.1) is 0 Å². The van der Waals surface area contributed by atoms with Crippen LogP contribution in [0.3, 0.4) is 0 Å². The molecule has 0 radical (unpaired) electrons. The fourth-order valence-electron chi connectivity index (χ4n) is 2.61. The largest absolute Gasteiger partial charge is 0.481 e. The van der Waals surface area contributed by atoms with E-state index in [1.54, 1.807) is 24.3 Å². The van der Waals surface area contributed by atoms with Crippen LogP contribution < -0.4 is 5.32 Å². The number of carbonyl (C=O) groups is 2. The van der Waals surface area contributed by atoms with Crippen LogP contribution in [0.4, 0.5) is 0 Å². The molecule has 0 aliphatic rings. The number of nitrogens with zero attached hydrogens (tertiary/aromatic N) is 1. The molecule has 0 aliphatic heterocycles. The highest BCUT2D eigenvalue weighted by Gasteiger charge is 2.23. The molecule has 0 saturated carbocycles. The van der Waals surface area contributed by atoms with Gasteiger partial charge in [-0.15, -0.1) is 0 Å². The molecule has 3 aromatic rings. The lowest BCUT2D eigenvalue weighted by molar-refractivity contribution is -0.137. The Labute approximate surface area is 158 Å². The van der Waals surface area contributed by atoms with Crippen LogP contribution in [0.25, 0.3) is 11.3 Å². The number of aromatic amines is 1. The van der Waals surface area contributed by atoms with Crippen LogP contribution >= 0.6 is 15.9 Å². The zero-order valence-corrected chi connectivity index (χ0v) is 15.2. The number of benzene rings is 2. The van der Waals surface area contributed by atoms with Gasteiger partial charge in [0.05, 0.1) is 16.9 Å². The molecule has 0 bridgehead atoms. The van der Waals surface area contributed by atoms with Crippen LogP contribution in [0.15, 0.2) is 65.1 Å². The number of carboxylic acids is 1. The number of hydrogen-bond acceptors (Lipinski definition) is 3. The number of amides is 1. The van der Waals surface area contributed by atoms with Crippen molar-refractivity contribution in [1.29, 1.82) is 0 Å². The first-order chi connectivity index (χ1) is 12.6. The molecule has 3 rings (SSSR count). The zero-order valence-electron chi connectivity index (χ0n) is 13.6. The number of nitrogens with one attached hydrogen (secondary N) is 2. The minimum absolute atomic E-state index is 0.215. The van der Waals surface area contributed by atoms with Gasteiger partial charge in [-0.3, -0.25) is 14.7 Å². The lowest BCUT2D eigenvalue weighted by Crippen LogP contribution is -2.30. The minimum Gasteiger partial charge on any atom is -0.481 e. The minimum atomic E-state index is -0.993.